The molecule has 2 amide bonds. The van der Waals surface area contributed by atoms with Gasteiger partial charge in [0.1, 0.15) is 6.54 Å². The van der Waals surface area contributed by atoms with Crippen LogP contribution in [0.25, 0.3) is 0 Å². The van der Waals surface area contributed by atoms with Crippen molar-refractivity contribution in [2.24, 2.45) is 0 Å². The Balaban J connectivity index is 2.65. The summed E-state index contributed by atoms with van der Waals surface area (Å²) in [5.74, 6) is -2.05. The number of benzene rings is 1. The molecule has 0 radical (unpaired) electrons. The minimum atomic E-state index is -1.10. The van der Waals surface area contributed by atoms with E-state index < -0.39 is 24.3 Å². The second-order valence-electron chi connectivity index (χ2n) is 4.67. The first-order chi connectivity index (χ1) is 9.82. The van der Waals surface area contributed by atoms with E-state index in [1.54, 1.807) is 38.1 Å². The van der Waals surface area contributed by atoms with Crippen LogP contribution in [-0.4, -0.2) is 46.9 Å². The normalized spacial score (nSPS) is 10.3. The molecule has 0 aliphatic heterocycles. The van der Waals surface area contributed by atoms with Crippen molar-refractivity contribution in [3.8, 4) is 0 Å². The van der Waals surface area contributed by atoms with Crippen molar-refractivity contribution >= 4 is 29.4 Å². The van der Waals surface area contributed by atoms with Gasteiger partial charge in [-0.25, -0.2) is 0 Å². The molecule has 0 aromatic heterocycles. The van der Waals surface area contributed by atoms with Gasteiger partial charge in [0, 0.05) is 6.04 Å². The van der Waals surface area contributed by atoms with Gasteiger partial charge in [-0.15, -0.1) is 0 Å². The highest BCUT2D eigenvalue weighted by atomic mass is 35.5. The summed E-state index contributed by atoms with van der Waals surface area (Å²) < 4.78 is 0. The summed E-state index contributed by atoms with van der Waals surface area (Å²) in [6.07, 6.45) is 0. The molecule has 0 saturated heterocycles. The summed E-state index contributed by atoms with van der Waals surface area (Å²) in [5.41, 5.74) is 0.265. The average Bonchev–Trinajstić information content (AvgIpc) is 2.41. The van der Waals surface area contributed by atoms with Gasteiger partial charge in [-0.1, -0.05) is 23.7 Å². The minimum absolute atomic E-state index is 0.265. The Morgan fingerprint density at radius 3 is 2.43 bits per heavy atom. The van der Waals surface area contributed by atoms with Crippen LogP contribution in [0.15, 0.2) is 24.3 Å². The number of halogens is 1. The lowest BCUT2D eigenvalue weighted by Gasteiger charge is -2.25. The second kappa shape index (κ2) is 7.64. The van der Waals surface area contributed by atoms with Gasteiger partial charge >= 0.3 is 5.97 Å². The van der Waals surface area contributed by atoms with Crippen LogP contribution >= 0.6 is 11.6 Å². The third-order valence-corrected chi connectivity index (χ3v) is 3.10. The van der Waals surface area contributed by atoms with Crippen molar-refractivity contribution in [1.82, 2.24) is 10.2 Å². The second-order valence-corrected chi connectivity index (χ2v) is 5.08. The Kier molecular flexibility index (Phi) is 6.17. The van der Waals surface area contributed by atoms with E-state index >= 15 is 0 Å². The summed E-state index contributed by atoms with van der Waals surface area (Å²) in [6.45, 7) is 2.72. The quantitative estimate of drug-likeness (QED) is 0.831. The van der Waals surface area contributed by atoms with Crippen LogP contribution in [0.2, 0.25) is 5.02 Å². The van der Waals surface area contributed by atoms with Gasteiger partial charge in [0.25, 0.3) is 5.91 Å². The van der Waals surface area contributed by atoms with E-state index in [9.17, 15) is 14.4 Å². The maximum absolute atomic E-state index is 12.0. The average molecular weight is 313 g/mol. The summed E-state index contributed by atoms with van der Waals surface area (Å²) in [5, 5.41) is 11.5. The van der Waals surface area contributed by atoms with E-state index in [1.165, 1.54) is 4.90 Å². The Morgan fingerprint density at radius 2 is 1.90 bits per heavy atom. The molecule has 7 heteroatoms. The van der Waals surface area contributed by atoms with Crippen molar-refractivity contribution in [3.63, 3.8) is 0 Å². The molecule has 0 heterocycles. The molecule has 21 heavy (non-hydrogen) atoms. The number of carboxylic acid groups (broad SMARTS) is 1. The summed E-state index contributed by atoms with van der Waals surface area (Å²) >= 11 is 5.88. The molecule has 6 nitrogen and oxygen atoms in total. The van der Waals surface area contributed by atoms with Gasteiger partial charge in [-0.2, -0.15) is 0 Å². The first-order valence-electron chi connectivity index (χ1n) is 6.37. The molecule has 1 aromatic rings. The van der Waals surface area contributed by atoms with E-state index in [0.29, 0.717) is 0 Å². The number of carbonyl (C=O) groups excluding carboxylic acids is 2. The third kappa shape index (κ3) is 5.07. The number of nitrogens with one attached hydrogen (secondary N) is 1. The van der Waals surface area contributed by atoms with Crippen LogP contribution in [-0.2, 0) is 9.59 Å². The molecule has 114 valence electrons. The van der Waals surface area contributed by atoms with Crippen molar-refractivity contribution < 1.29 is 19.5 Å². The number of nitrogens with zero attached hydrogens (tertiary/aromatic N) is 1. The van der Waals surface area contributed by atoms with Crippen molar-refractivity contribution in [3.05, 3.63) is 34.9 Å². The smallest absolute Gasteiger partial charge is 0.323 e. The molecule has 0 fully saturated rings. The van der Waals surface area contributed by atoms with Crippen LogP contribution < -0.4 is 5.32 Å². The first-order valence-corrected chi connectivity index (χ1v) is 6.74. The Morgan fingerprint density at radius 1 is 1.29 bits per heavy atom. The molecule has 1 rings (SSSR count). The fraction of sp³-hybridized carbons (Fsp3) is 0.357. The van der Waals surface area contributed by atoms with Crippen LogP contribution in [0.4, 0.5) is 0 Å². The van der Waals surface area contributed by atoms with Crippen molar-refractivity contribution in [2.75, 3.05) is 13.1 Å². The van der Waals surface area contributed by atoms with Gasteiger partial charge in [-0.3, -0.25) is 14.4 Å². The monoisotopic (exact) mass is 312 g/mol. The maximum atomic E-state index is 12.0. The van der Waals surface area contributed by atoms with Gasteiger partial charge in [-0.05, 0) is 26.0 Å². The number of aliphatic carboxylic acids is 1. The van der Waals surface area contributed by atoms with E-state index in [4.69, 9.17) is 16.7 Å². The van der Waals surface area contributed by atoms with Crippen LogP contribution in [0, 0.1) is 0 Å². The van der Waals surface area contributed by atoms with Gasteiger partial charge in [0.2, 0.25) is 5.91 Å². The molecule has 0 atom stereocenters. The zero-order chi connectivity index (χ0) is 16.0. The molecule has 0 unspecified atom stereocenters. The number of carboxylic acids is 1. The molecular formula is C14H17ClN2O4. The molecule has 0 aliphatic rings. The highest BCUT2D eigenvalue weighted by molar-refractivity contribution is 6.33. The number of amides is 2. The van der Waals surface area contributed by atoms with Gasteiger partial charge in [0.05, 0.1) is 17.1 Å². The molecule has 2 N–H and O–H groups in total. The number of rotatable bonds is 6. The Hall–Kier alpha value is -2.08. The van der Waals surface area contributed by atoms with Gasteiger partial charge < -0.3 is 15.3 Å². The van der Waals surface area contributed by atoms with Crippen molar-refractivity contribution in [2.45, 2.75) is 19.9 Å². The predicted molar refractivity (Wildman–Crippen MR) is 78.3 cm³/mol. The maximum Gasteiger partial charge on any atom is 0.323 e. The molecule has 1 aromatic carbocycles. The first kappa shape index (κ1) is 17.0. The number of hydrogen-bond acceptors (Lipinski definition) is 3. The highest BCUT2D eigenvalue weighted by Crippen LogP contribution is 2.14. The number of carbonyl (C=O) groups is 3. The van der Waals surface area contributed by atoms with Crippen LogP contribution in [0.1, 0.15) is 24.2 Å². The lowest BCUT2D eigenvalue weighted by Crippen LogP contribution is -2.45. The van der Waals surface area contributed by atoms with Crippen LogP contribution in [0.3, 0.4) is 0 Å². The fourth-order valence-electron chi connectivity index (χ4n) is 1.70. The topological polar surface area (TPSA) is 86.7 Å². The standard InChI is InChI=1S/C14H17ClN2O4/c1-9(2)17(8-13(19)20)12(18)7-16-14(21)10-5-3-4-6-11(10)15/h3-6,9H,7-8H2,1-2H3,(H,16,21)(H,19,20). The highest BCUT2D eigenvalue weighted by Gasteiger charge is 2.20. The van der Waals surface area contributed by atoms with E-state index in [-0.39, 0.29) is 23.2 Å². The lowest BCUT2D eigenvalue weighted by atomic mass is 10.2. The van der Waals surface area contributed by atoms with E-state index in [1.807, 2.05) is 0 Å². The van der Waals surface area contributed by atoms with Crippen molar-refractivity contribution in [1.29, 1.82) is 0 Å². The minimum Gasteiger partial charge on any atom is -0.480 e. The van der Waals surface area contributed by atoms with Crippen LogP contribution in [0.5, 0.6) is 0 Å². The molecule has 0 saturated carbocycles. The predicted octanol–water partition coefficient (Wildman–Crippen LogP) is 1.39. The lowest BCUT2D eigenvalue weighted by molar-refractivity contribution is -0.145. The van der Waals surface area contributed by atoms with Gasteiger partial charge in [0.15, 0.2) is 0 Å². The number of hydrogen-bond donors (Lipinski definition) is 2. The molecule has 0 bridgehead atoms. The molecule has 0 spiro atoms. The largest absolute Gasteiger partial charge is 0.480 e. The van der Waals surface area contributed by atoms with E-state index in [2.05, 4.69) is 5.32 Å². The molecule has 0 aliphatic carbocycles. The fourth-order valence-corrected chi connectivity index (χ4v) is 1.92. The molecular weight excluding hydrogens is 296 g/mol. The zero-order valence-electron chi connectivity index (χ0n) is 11.8. The zero-order valence-corrected chi connectivity index (χ0v) is 12.6. The Labute approximate surface area is 127 Å². The SMILES string of the molecule is CC(C)N(CC(=O)O)C(=O)CNC(=O)c1ccccc1Cl. The summed E-state index contributed by atoms with van der Waals surface area (Å²) in [7, 11) is 0. The summed E-state index contributed by atoms with van der Waals surface area (Å²) in [6, 6.07) is 6.19. The Bertz CT molecular complexity index is 546. The summed E-state index contributed by atoms with van der Waals surface area (Å²) in [4.78, 5) is 35.8. The van der Waals surface area contributed by atoms with E-state index in [0.717, 1.165) is 0 Å². The third-order valence-electron chi connectivity index (χ3n) is 2.77.